The molecule has 0 unspecified atom stereocenters. The SMILES string of the molecule is CCCCn1c(S(=O)(=O)C(F)(F)F)c(S(=O)(=O)C(F)(F)F)n(C)c1=N. The number of rotatable bonds is 5. The van der Waals surface area contributed by atoms with Gasteiger partial charge < -0.3 is 9.13 Å². The van der Waals surface area contributed by atoms with Gasteiger partial charge in [-0.3, -0.25) is 5.41 Å². The van der Waals surface area contributed by atoms with Gasteiger partial charge in [0.15, 0.2) is 10.1 Å². The lowest BCUT2D eigenvalue weighted by Crippen LogP contribution is -2.31. The lowest BCUT2D eigenvalue weighted by Gasteiger charge is -2.14. The van der Waals surface area contributed by atoms with Gasteiger partial charge in [0.1, 0.15) is 0 Å². The predicted octanol–water partition coefficient (Wildman–Crippen LogP) is 1.69. The molecule has 0 aliphatic rings. The average molecular weight is 417 g/mol. The first-order valence-corrected chi connectivity index (χ1v) is 9.45. The van der Waals surface area contributed by atoms with Gasteiger partial charge in [-0.15, -0.1) is 0 Å². The maximum atomic E-state index is 12.9. The summed E-state index contributed by atoms with van der Waals surface area (Å²) in [5.74, 6) is 0. The highest BCUT2D eigenvalue weighted by Crippen LogP contribution is 2.38. The number of halogens is 6. The van der Waals surface area contributed by atoms with Crippen LogP contribution < -0.4 is 5.62 Å². The van der Waals surface area contributed by atoms with E-state index in [0.29, 0.717) is 13.5 Å². The van der Waals surface area contributed by atoms with Crippen LogP contribution in [-0.4, -0.2) is 37.0 Å². The Morgan fingerprint density at radius 3 is 1.68 bits per heavy atom. The quantitative estimate of drug-likeness (QED) is 0.737. The van der Waals surface area contributed by atoms with Crippen molar-refractivity contribution in [1.82, 2.24) is 9.13 Å². The van der Waals surface area contributed by atoms with Crippen LogP contribution in [0.1, 0.15) is 19.8 Å². The number of nitrogens with zero attached hydrogens (tertiary/aromatic N) is 2. The van der Waals surface area contributed by atoms with Gasteiger partial charge in [0, 0.05) is 13.6 Å². The van der Waals surface area contributed by atoms with Gasteiger partial charge in [-0.2, -0.15) is 26.3 Å². The maximum absolute atomic E-state index is 12.9. The fourth-order valence-electron chi connectivity index (χ4n) is 1.93. The Morgan fingerprint density at radius 2 is 1.32 bits per heavy atom. The molecule has 0 aromatic carbocycles. The van der Waals surface area contributed by atoms with E-state index >= 15 is 0 Å². The summed E-state index contributed by atoms with van der Waals surface area (Å²) in [7, 11) is -12.4. The second-order valence-electron chi connectivity index (χ2n) is 4.90. The van der Waals surface area contributed by atoms with Crippen molar-refractivity contribution in [3.8, 4) is 0 Å². The van der Waals surface area contributed by atoms with Crippen molar-refractivity contribution in [1.29, 1.82) is 5.41 Å². The summed E-state index contributed by atoms with van der Waals surface area (Å²) < 4.78 is 124. The maximum Gasteiger partial charge on any atom is 0.503 e. The van der Waals surface area contributed by atoms with Gasteiger partial charge in [0.2, 0.25) is 5.62 Å². The Hall–Kier alpha value is -1.51. The van der Waals surface area contributed by atoms with Crippen LogP contribution in [0.5, 0.6) is 0 Å². The van der Waals surface area contributed by atoms with Gasteiger partial charge in [-0.1, -0.05) is 13.3 Å². The number of hydrogen-bond acceptors (Lipinski definition) is 5. The molecule has 0 amide bonds. The number of sulfone groups is 2. The van der Waals surface area contributed by atoms with Gasteiger partial charge in [0.25, 0.3) is 19.7 Å². The van der Waals surface area contributed by atoms with Crippen molar-refractivity contribution < 1.29 is 43.2 Å². The minimum absolute atomic E-state index is 0.00639. The predicted molar refractivity (Wildman–Crippen MR) is 70.6 cm³/mol. The molecule has 0 saturated carbocycles. The number of aromatic nitrogens is 2. The first-order valence-electron chi connectivity index (χ1n) is 6.48. The molecule has 0 aliphatic carbocycles. The number of unbranched alkanes of at least 4 members (excludes halogenated alkanes) is 1. The molecule has 25 heavy (non-hydrogen) atoms. The van der Waals surface area contributed by atoms with E-state index < -0.39 is 52.9 Å². The van der Waals surface area contributed by atoms with E-state index in [1.807, 2.05) is 0 Å². The highest BCUT2D eigenvalue weighted by molar-refractivity contribution is 7.95. The molecule has 0 aliphatic heterocycles. The van der Waals surface area contributed by atoms with Crippen LogP contribution in [0.2, 0.25) is 0 Å². The largest absolute Gasteiger partial charge is 0.503 e. The molecule has 0 spiro atoms. The second-order valence-corrected chi connectivity index (χ2v) is 8.61. The summed E-state index contributed by atoms with van der Waals surface area (Å²) in [5.41, 5.74) is -13.2. The molecule has 1 heterocycles. The number of nitrogens with one attached hydrogen (secondary N) is 1. The Balaban J connectivity index is 4.10. The zero-order chi connectivity index (χ0) is 20.0. The van der Waals surface area contributed by atoms with Crippen molar-refractivity contribution in [2.24, 2.45) is 7.05 Å². The molecular formula is C10H13F6N3O4S2. The Labute approximate surface area is 138 Å². The van der Waals surface area contributed by atoms with E-state index in [4.69, 9.17) is 5.41 Å². The first kappa shape index (κ1) is 21.5. The molecule has 146 valence electrons. The third kappa shape index (κ3) is 3.43. The van der Waals surface area contributed by atoms with Gasteiger partial charge >= 0.3 is 11.0 Å². The zero-order valence-corrected chi connectivity index (χ0v) is 14.4. The molecule has 0 fully saturated rings. The standard InChI is InChI=1S/C10H13F6N3O4S2/c1-3-4-5-19-7(25(22,23)10(14,15)16)6(18(2)8(19)17)24(20,21)9(11,12)13/h17H,3-5H2,1-2H3. The van der Waals surface area contributed by atoms with E-state index in [0.717, 1.165) is 0 Å². The zero-order valence-electron chi connectivity index (χ0n) is 12.7. The molecule has 1 N–H and O–H groups in total. The molecule has 0 radical (unpaired) electrons. The van der Waals surface area contributed by atoms with E-state index in [-0.39, 0.29) is 15.6 Å². The molecule has 7 nitrogen and oxygen atoms in total. The van der Waals surface area contributed by atoms with Crippen molar-refractivity contribution >= 4 is 19.7 Å². The highest BCUT2D eigenvalue weighted by atomic mass is 32.2. The van der Waals surface area contributed by atoms with Crippen LogP contribution in [0.25, 0.3) is 0 Å². The van der Waals surface area contributed by atoms with Crippen LogP contribution >= 0.6 is 0 Å². The lowest BCUT2D eigenvalue weighted by atomic mass is 10.3. The molecule has 15 heteroatoms. The molecular weight excluding hydrogens is 404 g/mol. The molecule has 0 saturated heterocycles. The van der Waals surface area contributed by atoms with Crippen LogP contribution in [0.4, 0.5) is 26.3 Å². The summed E-state index contributed by atoms with van der Waals surface area (Å²) >= 11 is 0. The van der Waals surface area contributed by atoms with Crippen molar-refractivity contribution in [2.75, 3.05) is 0 Å². The number of alkyl halides is 6. The van der Waals surface area contributed by atoms with Gasteiger partial charge in [0.05, 0.1) is 0 Å². The summed E-state index contributed by atoms with van der Waals surface area (Å²) in [5, 5.41) is 3.31. The monoisotopic (exact) mass is 417 g/mol. The fourth-order valence-corrected chi connectivity index (χ4v) is 4.65. The Bertz CT molecular complexity index is 922. The molecule has 0 bridgehead atoms. The third-order valence-electron chi connectivity index (χ3n) is 3.16. The van der Waals surface area contributed by atoms with E-state index in [9.17, 15) is 43.2 Å². The lowest BCUT2D eigenvalue weighted by molar-refractivity contribution is -0.0462. The van der Waals surface area contributed by atoms with Gasteiger partial charge in [-0.05, 0) is 6.42 Å². The highest BCUT2D eigenvalue weighted by Gasteiger charge is 2.57. The summed E-state index contributed by atoms with van der Waals surface area (Å²) in [6.07, 6.45) is 0.306. The van der Waals surface area contributed by atoms with Gasteiger partial charge in [-0.25, -0.2) is 16.8 Å². The minimum atomic E-state index is -6.47. The van der Waals surface area contributed by atoms with Crippen LogP contribution in [-0.2, 0) is 33.3 Å². The fraction of sp³-hybridized carbons (Fsp3) is 0.700. The summed E-state index contributed by atoms with van der Waals surface area (Å²) in [4.78, 5) is 0. The summed E-state index contributed by atoms with van der Waals surface area (Å²) in [6.45, 7) is 0.972. The summed E-state index contributed by atoms with van der Waals surface area (Å²) in [6, 6.07) is 0. The van der Waals surface area contributed by atoms with E-state index in [1.165, 1.54) is 0 Å². The average Bonchev–Trinajstić information content (AvgIpc) is 2.67. The van der Waals surface area contributed by atoms with Crippen molar-refractivity contribution in [2.45, 2.75) is 47.4 Å². The van der Waals surface area contributed by atoms with E-state index in [2.05, 4.69) is 0 Å². The Kier molecular flexibility index (Phi) is 5.46. The second kappa shape index (κ2) is 6.34. The third-order valence-corrected chi connectivity index (χ3v) is 6.41. The normalized spacial score (nSPS) is 14.1. The van der Waals surface area contributed by atoms with Crippen molar-refractivity contribution in [3.05, 3.63) is 5.62 Å². The minimum Gasteiger partial charge on any atom is -0.303 e. The molecule has 1 aromatic heterocycles. The Morgan fingerprint density at radius 1 is 0.920 bits per heavy atom. The van der Waals surface area contributed by atoms with Crippen LogP contribution in [0.3, 0.4) is 0 Å². The molecule has 1 aromatic rings. The number of imidazole rings is 1. The van der Waals surface area contributed by atoms with Crippen molar-refractivity contribution in [3.63, 3.8) is 0 Å². The molecule has 1 rings (SSSR count). The van der Waals surface area contributed by atoms with E-state index in [1.54, 1.807) is 6.92 Å². The van der Waals surface area contributed by atoms with Crippen LogP contribution in [0.15, 0.2) is 10.1 Å². The smallest absolute Gasteiger partial charge is 0.303 e. The first-order chi connectivity index (χ1) is 11.0. The topological polar surface area (TPSA) is 102 Å². The number of hydrogen-bond donors (Lipinski definition) is 1. The van der Waals surface area contributed by atoms with Crippen LogP contribution in [0, 0.1) is 5.41 Å². The molecule has 0 atom stereocenters.